The van der Waals surface area contributed by atoms with E-state index in [4.69, 9.17) is 0 Å². The summed E-state index contributed by atoms with van der Waals surface area (Å²) in [6, 6.07) is 0. The number of allylic oxidation sites excluding steroid dienone is 1. The number of aliphatic imine (C=N–C) groups is 2. The molecule has 0 unspecified atom stereocenters. The molecule has 0 N–H and O–H groups in total. The van der Waals surface area contributed by atoms with E-state index in [2.05, 4.69) is 9.98 Å². The molecule has 0 aromatic carbocycles. The average molecular weight is 150 g/mol. The molecule has 1 aliphatic heterocycles. The van der Waals surface area contributed by atoms with Crippen molar-refractivity contribution in [2.45, 2.75) is 13.3 Å². The lowest BCUT2D eigenvalue weighted by molar-refractivity contribution is -0.102. The smallest absolute Gasteiger partial charge is 0.166 e. The van der Waals surface area contributed by atoms with Crippen molar-refractivity contribution >= 4 is 18.2 Å². The van der Waals surface area contributed by atoms with Gasteiger partial charge in [0.25, 0.3) is 0 Å². The van der Waals surface area contributed by atoms with Crippen molar-refractivity contribution in [3.05, 3.63) is 11.8 Å². The van der Waals surface area contributed by atoms with Crippen LogP contribution in [0.1, 0.15) is 13.3 Å². The van der Waals surface area contributed by atoms with Crippen molar-refractivity contribution in [3.8, 4) is 0 Å². The Kier molecular flexibility index (Phi) is 2.72. The van der Waals surface area contributed by atoms with Gasteiger partial charge in [0.2, 0.25) is 0 Å². The maximum atomic E-state index is 10.3. The van der Waals surface area contributed by atoms with Crippen molar-refractivity contribution in [1.29, 1.82) is 0 Å². The predicted octanol–water partition coefficient (Wildman–Crippen LogP) is 1.00. The zero-order valence-electron chi connectivity index (χ0n) is 6.45. The SMILES string of the molecule is CCC1=CN=C(C=O)CN=C1. The molecule has 0 saturated heterocycles. The Labute approximate surface area is 65.6 Å². The summed E-state index contributed by atoms with van der Waals surface area (Å²) in [6.45, 7) is 2.43. The van der Waals surface area contributed by atoms with Crippen molar-refractivity contribution in [3.63, 3.8) is 0 Å². The normalized spacial score (nSPS) is 16.8. The third kappa shape index (κ3) is 2.11. The minimum absolute atomic E-state index is 0.406. The Morgan fingerprint density at radius 3 is 3.18 bits per heavy atom. The van der Waals surface area contributed by atoms with Gasteiger partial charge in [0.15, 0.2) is 6.29 Å². The van der Waals surface area contributed by atoms with Gasteiger partial charge in [-0.05, 0) is 12.0 Å². The minimum atomic E-state index is 0.406. The number of carbonyl (C=O) groups excluding carboxylic acids is 1. The number of rotatable bonds is 2. The molecular weight excluding hydrogens is 140 g/mol. The molecule has 0 spiro atoms. The topological polar surface area (TPSA) is 41.8 Å². The second-order valence-corrected chi connectivity index (χ2v) is 2.27. The summed E-state index contributed by atoms with van der Waals surface area (Å²) in [6.07, 6.45) is 5.10. The van der Waals surface area contributed by atoms with Gasteiger partial charge >= 0.3 is 0 Å². The number of carbonyl (C=O) groups is 1. The van der Waals surface area contributed by atoms with E-state index >= 15 is 0 Å². The van der Waals surface area contributed by atoms with Crippen molar-refractivity contribution < 1.29 is 4.79 Å². The van der Waals surface area contributed by atoms with Gasteiger partial charge in [-0.15, -0.1) is 0 Å². The molecule has 0 amide bonds. The highest BCUT2D eigenvalue weighted by molar-refractivity contribution is 6.29. The highest BCUT2D eigenvalue weighted by Gasteiger charge is 1.97. The third-order valence-electron chi connectivity index (χ3n) is 1.45. The second-order valence-electron chi connectivity index (χ2n) is 2.27. The van der Waals surface area contributed by atoms with Gasteiger partial charge in [0.05, 0.1) is 6.54 Å². The summed E-state index contributed by atoms with van der Waals surface area (Å²) >= 11 is 0. The quantitative estimate of drug-likeness (QED) is 0.541. The fourth-order valence-electron chi connectivity index (χ4n) is 0.747. The molecule has 0 bridgehead atoms. The number of hydrogen-bond acceptors (Lipinski definition) is 3. The zero-order valence-corrected chi connectivity index (χ0v) is 6.45. The lowest BCUT2D eigenvalue weighted by Gasteiger charge is -1.87. The lowest BCUT2D eigenvalue weighted by Crippen LogP contribution is -2.02. The molecule has 11 heavy (non-hydrogen) atoms. The molecule has 0 aromatic heterocycles. The molecule has 0 radical (unpaired) electrons. The van der Waals surface area contributed by atoms with E-state index in [1.165, 1.54) is 0 Å². The lowest BCUT2D eigenvalue weighted by atomic mass is 10.2. The van der Waals surface area contributed by atoms with E-state index < -0.39 is 0 Å². The molecule has 1 rings (SSSR count). The van der Waals surface area contributed by atoms with Gasteiger partial charge in [0, 0.05) is 12.4 Å². The van der Waals surface area contributed by atoms with E-state index in [1.807, 2.05) is 6.92 Å². The molecule has 1 heterocycles. The van der Waals surface area contributed by atoms with Crippen LogP contribution in [0.15, 0.2) is 21.8 Å². The number of nitrogens with zero attached hydrogens (tertiary/aromatic N) is 2. The van der Waals surface area contributed by atoms with Crippen LogP contribution in [-0.4, -0.2) is 24.8 Å². The first kappa shape index (κ1) is 7.85. The highest BCUT2D eigenvalue weighted by Crippen LogP contribution is 2.00. The Morgan fingerprint density at radius 2 is 2.55 bits per heavy atom. The Balaban J connectivity index is 2.80. The summed E-state index contributed by atoms with van der Waals surface area (Å²) in [5.41, 5.74) is 1.55. The van der Waals surface area contributed by atoms with Crippen LogP contribution in [0.4, 0.5) is 0 Å². The van der Waals surface area contributed by atoms with Gasteiger partial charge in [-0.3, -0.25) is 14.8 Å². The van der Waals surface area contributed by atoms with Crippen LogP contribution in [0.3, 0.4) is 0 Å². The minimum Gasteiger partial charge on any atom is -0.296 e. The van der Waals surface area contributed by atoms with Crippen LogP contribution in [0.25, 0.3) is 0 Å². The summed E-state index contributed by atoms with van der Waals surface area (Å²) in [7, 11) is 0. The molecule has 0 aromatic rings. The molecule has 0 fully saturated rings. The van der Waals surface area contributed by atoms with Crippen LogP contribution in [0.2, 0.25) is 0 Å². The van der Waals surface area contributed by atoms with Gasteiger partial charge in [-0.1, -0.05) is 6.92 Å². The molecule has 0 aliphatic carbocycles. The van der Waals surface area contributed by atoms with Gasteiger partial charge in [-0.2, -0.15) is 0 Å². The van der Waals surface area contributed by atoms with E-state index in [-0.39, 0.29) is 0 Å². The monoisotopic (exact) mass is 150 g/mol. The number of aldehydes is 1. The first-order chi connectivity index (χ1) is 5.36. The molecule has 1 aliphatic rings. The molecule has 0 atom stereocenters. The Morgan fingerprint density at radius 1 is 1.73 bits per heavy atom. The van der Waals surface area contributed by atoms with E-state index in [0.29, 0.717) is 12.3 Å². The zero-order chi connectivity index (χ0) is 8.10. The summed E-state index contributed by atoms with van der Waals surface area (Å²) in [5.74, 6) is 0. The van der Waals surface area contributed by atoms with Crippen LogP contribution in [0.5, 0.6) is 0 Å². The molecular formula is C8H10N2O. The van der Waals surface area contributed by atoms with Crippen LogP contribution in [0, 0.1) is 0 Å². The van der Waals surface area contributed by atoms with Crippen molar-refractivity contribution in [1.82, 2.24) is 0 Å². The fourth-order valence-corrected chi connectivity index (χ4v) is 0.747. The first-order valence-corrected chi connectivity index (χ1v) is 3.57. The highest BCUT2D eigenvalue weighted by atomic mass is 16.1. The van der Waals surface area contributed by atoms with E-state index in [1.54, 1.807) is 12.4 Å². The number of hydrogen-bond donors (Lipinski definition) is 0. The van der Waals surface area contributed by atoms with Crippen molar-refractivity contribution in [2.75, 3.05) is 6.54 Å². The maximum absolute atomic E-state index is 10.3. The van der Waals surface area contributed by atoms with Crippen LogP contribution in [-0.2, 0) is 4.79 Å². The van der Waals surface area contributed by atoms with Gasteiger partial charge in [0.1, 0.15) is 5.71 Å². The summed E-state index contributed by atoms with van der Waals surface area (Å²) in [4.78, 5) is 18.2. The van der Waals surface area contributed by atoms with Gasteiger partial charge in [-0.25, -0.2) is 0 Å². The van der Waals surface area contributed by atoms with Crippen LogP contribution < -0.4 is 0 Å². The summed E-state index contributed by atoms with van der Waals surface area (Å²) < 4.78 is 0. The second kappa shape index (κ2) is 3.81. The Hall–Kier alpha value is -1.25. The van der Waals surface area contributed by atoms with Gasteiger partial charge < -0.3 is 0 Å². The van der Waals surface area contributed by atoms with E-state index in [0.717, 1.165) is 18.3 Å². The maximum Gasteiger partial charge on any atom is 0.166 e. The van der Waals surface area contributed by atoms with Crippen molar-refractivity contribution in [2.24, 2.45) is 9.98 Å². The largest absolute Gasteiger partial charge is 0.296 e. The molecule has 3 heteroatoms. The van der Waals surface area contributed by atoms with Crippen LogP contribution >= 0.6 is 0 Å². The fraction of sp³-hybridized carbons (Fsp3) is 0.375. The predicted molar refractivity (Wildman–Crippen MR) is 45.2 cm³/mol. The molecule has 58 valence electrons. The standard InChI is InChI=1S/C8H10N2O/c1-2-7-3-9-5-8(6-11)10-4-7/h3-4,6H,2,5H2,1H3. The summed E-state index contributed by atoms with van der Waals surface area (Å²) in [5, 5.41) is 0. The first-order valence-electron chi connectivity index (χ1n) is 3.57. The molecule has 3 nitrogen and oxygen atoms in total. The Bertz CT molecular complexity index is 238. The molecule has 0 saturated carbocycles. The average Bonchev–Trinajstić information content (AvgIpc) is 2.28. The van der Waals surface area contributed by atoms with E-state index in [9.17, 15) is 4.79 Å². The third-order valence-corrected chi connectivity index (χ3v) is 1.45.